The van der Waals surface area contributed by atoms with Gasteiger partial charge in [0.25, 0.3) is 5.91 Å². The minimum atomic E-state index is -4.34. The molecule has 1 aromatic heterocycles. The van der Waals surface area contributed by atoms with Gasteiger partial charge in [0, 0.05) is 17.5 Å². The first kappa shape index (κ1) is 16.4. The summed E-state index contributed by atoms with van der Waals surface area (Å²) in [5, 5.41) is 6.92. The molecule has 1 N–H and O–H groups in total. The average Bonchev–Trinajstić information content (AvgIpc) is 2.64. The third kappa shape index (κ3) is 3.82. The van der Waals surface area contributed by atoms with Gasteiger partial charge in [-0.25, -0.2) is 0 Å². The highest BCUT2D eigenvalue weighted by atomic mass is 32.2. The second-order valence-electron chi connectivity index (χ2n) is 4.70. The van der Waals surface area contributed by atoms with E-state index in [4.69, 9.17) is 0 Å². The van der Waals surface area contributed by atoms with Crippen molar-refractivity contribution in [1.82, 2.24) is 9.78 Å². The Hall–Kier alpha value is -1.96. The first-order valence-electron chi connectivity index (χ1n) is 6.35. The minimum absolute atomic E-state index is 0.0396. The summed E-state index contributed by atoms with van der Waals surface area (Å²) in [5.41, 5.74) is -1.96. The summed E-state index contributed by atoms with van der Waals surface area (Å²) in [6.07, 6.45) is 0. The number of thioether (sulfide) groups is 1. The summed E-state index contributed by atoms with van der Waals surface area (Å²) in [6.45, 7) is 3.59. The summed E-state index contributed by atoms with van der Waals surface area (Å²) in [7, 11) is 1.77. The van der Waals surface area contributed by atoms with Crippen LogP contribution >= 0.6 is 11.8 Å². The number of aromatic nitrogens is 2. The maximum Gasteiger partial charge on any atom is 0.446 e. The summed E-state index contributed by atoms with van der Waals surface area (Å²) in [5.74, 6) is -0.386. The predicted molar refractivity (Wildman–Crippen MR) is 79.0 cm³/mol. The second-order valence-corrected chi connectivity index (χ2v) is 5.83. The molecule has 1 amide bonds. The molecule has 0 aliphatic carbocycles. The normalized spacial score (nSPS) is 11.5. The van der Waals surface area contributed by atoms with Crippen LogP contribution in [0.5, 0.6) is 0 Å². The van der Waals surface area contributed by atoms with Gasteiger partial charge in [0.15, 0.2) is 0 Å². The molecule has 2 aromatic rings. The molecule has 0 aliphatic rings. The van der Waals surface area contributed by atoms with Crippen molar-refractivity contribution < 1.29 is 18.0 Å². The minimum Gasteiger partial charge on any atom is -0.319 e. The van der Waals surface area contributed by atoms with E-state index in [1.165, 1.54) is 24.3 Å². The summed E-state index contributed by atoms with van der Waals surface area (Å²) in [4.78, 5) is 12.2. The number of aryl methyl sites for hydroxylation is 2. The van der Waals surface area contributed by atoms with Gasteiger partial charge in [0.1, 0.15) is 0 Å². The molecule has 0 saturated carbocycles. The van der Waals surface area contributed by atoms with E-state index < -0.39 is 5.51 Å². The van der Waals surface area contributed by atoms with Gasteiger partial charge >= 0.3 is 5.51 Å². The number of hydrogen-bond donors (Lipinski definition) is 1. The van der Waals surface area contributed by atoms with Crippen LogP contribution in [0.15, 0.2) is 29.2 Å². The van der Waals surface area contributed by atoms with Crippen molar-refractivity contribution in [3.8, 4) is 0 Å². The number of halogens is 3. The van der Waals surface area contributed by atoms with Crippen LogP contribution in [0, 0.1) is 13.8 Å². The molecule has 0 spiro atoms. The van der Waals surface area contributed by atoms with E-state index in [-0.39, 0.29) is 28.1 Å². The van der Waals surface area contributed by atoms with E-state index in [1.807, 2.05) is 6.92 Å². The van der Waals surface area contributed by atoms with E-state index in [0.717, 1.165) is 5.69 Å². The Labute approximate surface area is 129 Å². The van der Waals surface area contributed by atoms with Gasteiger partial charge in [0.05, 0.1) is 17.1 Å². The topological polar surface area (TPSA) is 46.9 Å². The zero-order valence-corrected chi connectivity index (χ0v) is 13.0. The van der Waals surface area contributed by atoms with Crippen LogP contribution < -0.4 is 5.32 Å². The van der Waals surface area contributed by atoms with Crippen LogP contribution in [0.25, 0.3) is 0 Å². The highest BCUT2D eigenvalue weighted by Crippen LogP contribution is 2.36. The third-order valence-corrected chi connectivity index (χ3v) is 3.84. The molecule has 0 aliphatic heterocycles. The number of hydrogen-bond acceptors (Lipinski definition) is 3. The molecule has 0 saturated heterocycles. The number of carbonyl (C=O) groups excluding carboxylic acids is 1. The molecule has 4 nitrogen and oxygen atoms in total. The van der Waals surface area contributed by atoms with E-state index >= 15 is 0 Å². The third-order valence-electron chi connectivity index (χ3n) is 3.10. The van der Waals surface area contributed by atoms with Crippen molar-refractivity contribution in [2.75, 3.05) is 5.32 Å². The van der Waals surface area contributed by atoms with Gasteiger partial charge in [0.2, 0.25) is 0 Å². The SMILES string of the molecule is Cc1nn(C)c(C)c1NC(=O)c1ccc(SC(F)(F)F)cc1. The van der Waals surface area contributed by atoms with Gasteiger partial charge < -0.3 is 5.32 Å². The number of amides is 1. The van der Waals surface area contributed by atoms with Gasteiger partial charge in [-0.15, -0.1) is 0 Å². The number of nitrogens with one attached hydrogen (secondary N) is 1. The summed E-state index contributed by atoms with van der Waals surface area (Å²) in [6, 6.07) is 5.28. The number of anilines is 1. The fourth-order valence-electron chi connectivity index (χ4n) is 1.95. The van der Waals surface area contributed by atoms with Crippen molar-refractivity contribution in [1.29, 1.82) is 0 Å². The van der Waals surface area contributed by atoms with Crippen molar-refractivity contribution >= 4 is 23.4 Å². The fourth-order valence-corrected chi connectivity index (χ4v) is 2.49. The molecule has 8 heteroatoms. The first-order valence-corrected chi connectivity index (χ1v) is 7.16. The monoisotopic (exact) mass is 329 g/mol. The molecule has 118 valence electrons. The van der Waals surface area contributed by atoms with E-state index in [1.54, 1.807) is 18.7 Å². The Balaban J connectivity index is 2.13. The molecule has 0 fully saturated rings. The lowest BCUT2D eigenvalue weighted by molar-refractivity contribution is -0.0328. The highest BCUT2D eigenvalue weighted by Gasteiger charge is 2.29. The van der Waals surface area contributed by atoms with Crippen molar-refractivity contribution in [2.24, 2.45) is 7.05 Å². The summed E-state index contributed by atoms with van der Waals surface area (Å²) >= 11 is -0.212. The fraction of sp³-hybridized carbons (Fsp3) is 0.286. The Morgan fingerprint density at radius 1 is 1.23 bits per heavy atom. The number of nitrogens with zero attached hydrogens (tertiary/aromatic N) is 2. The van der Waals surface area contributed by atoms with Crippen LogP contribution in [0.4, 0.5) is 18.9 Å². The molecule has 0 bridgehead atoms. The maximum atomic E-state index is 12.3. The molecular weight excluding hydrogens is 315 g/mol. The number of rotatable bonds is 3. The van der Waals surface area contributed by atoms with Crippen LogP contribution in [0.1, 0.15) is 21.7 Å². The van der Waals surface area contributed by atoms with Gasteiger partial charge in [-0.1, -0.05) is 0 Å². The standard InChI is InChI=1S/C14H14F3N3OS/c1-8-12(9(2)20(3)19-8)18-13(21)10-4-6-11(7-5-10)22-14(15,16)17/h4-7H,1-3H3,(H,18,21). The van der Waals surface area contributed by atoms with Crippen LogP contribution in [0.3, 0.4) is 0 Å². The largest absolute Gasteiger partial charge is 0.446 e. The molecule has 2 rings (SSSR count). The van der Waals surface area contributed by atoms with Crippen LogP contribution in [-0.4, -0.2) is 21.2 Å². The number of benzene rings is 1. The molecule has 1 aromatic carbocycles. The lowest BCUT2D eigenvalue weighted by Gasteiger charge is -2.08. The zero-order chi connectivity index (χ0) is 16.5. The molecule has 0 unspecified atom stereocenters. The quantitative estimate of drug-likeness (QED) is 0.869. The summed E-state index contributed by atoms with van der Waals surface area (Å²) < 4.78 is 38.4. The Morgan fingerprint density at radius 2 is 1.82 bits per heavy atom. The number of carbonyl (C=O) groups is 1. The lowest BCUT2D eigenvalue weighted by atomic mass is 10.2. The second kappa shape index (κ2) is 6.04. The average molecular weight is 329 g/mol. The van der Waals surface area contributed by atoms with E-state index in [2.05, 4.69) is 10.4 Å². The molecule has 0 atom stereocenters. The van der Waals surface area contributed by atoms with Crippen LogP contribution in [-0.2, 0) is 7.05 Å². The van der Waals surface area contributed by atoms with Crippen LogP contribution in [0.2, 0.25) is 0 Å². The first-order chi connectivity index (χ1) is 10.2. The highest BCUT2D eigenvalue weighted by molar-refractivity contribution is 8.00. The van der Waals surface area contributed by atoms with Gasteiger partial charge in [-0.3, -0.25) is 9.48 Å². The Morgan fingerprint density at radius 3 is 2.27 bits per heavy atom. The van der Waals surface area contributed by atoms with E-state index in [9.17, 15) is 18.0 Å². The molecule has 1 heterocycles. The Bertz CT molecular complexity index is 693. The smallest absolute Gasteiger partial charge is 0.319 e. The predicted octanol–water partition coefficient (Wildman–Crippen LogP) is 3.90. The number of alkyl halides is 3. The zero-order valence-electron chi connectivity index (χ0n) is 12.2. The lowest BCUT2D eigenvalue weighted by Crippen LogP contribution is -2.13. The van der Waals surface area contributed by atoms with Crippen molar-refractivity contribution in [3.05, 3.63) is 41.2 Å². The Kier molecular flexibility index (Phi) is 4.50. The molecular formula is C14H14F3N3OS. The van der Waals surface area contributed by atoms with Gasteiger partial charge in [-0.2, -0.15) is 18.3 Å². The van der Waals surface area contributed by atoms with E-state index in [0.29, 0.717) is 11.4 Å². The molecule has 22 heavy (non-hydrogen) atoms. The maximum absolute atomic E-state index is 12.3. The molecule has 0 radical (unpaired) electrons. The van der Waals surface area contributed by atoms with Crippen molar-refractivity contribution in [2.45, 2.75) is 24.3 Å². The van der Waals surface area contributed by atoms with Gasteiger partial charge in [-0.05, 0) is 49.9 Å². The van der Waals surface area contributed by atoms with Crippen molar-refractivity contribution in [3.63, 3.8) is 0 Å².